The topological polar surface area (TPSA) is 70.2 Å². The molecule has 0 fully saturated rings. The first-order valence-electron chi connectivity index (χ1n) is 8.49. The van der Waals surface area contributed by atoms with Crippen LogP contribution in [0.3, 0.4) is 0 Å². The number of halogens is 5. The molecule has 2 aromatic rings. The van der Waals surface area contributed by atoms with Crippen LogP contribution < -0.4 is 16.2 Å². The Morgan fingerprint density at radius 2 is 1.52 bits per heavy atom. The van der Waals surface area contributed by atoms with E-state index < -0.39 is 58.4 Å². The van der Waals surface area contributed by atoms with Crippen LogP contribution in [0.2, 0.25) is 0 Å². The summed E-state index contributed by atoms with van der Waals surface area (Å²) in [5.74, 6) is -4.80. The van der Waals surface area contributed by atoms with Crippen LogP contribution in [-0.2, 0) is 11.0 Å². The molecule has 3 N–H and O–H groups in total. The Labute approximate surface area is 163 Å². The number of amides is 2. The van der Waals surface area contributed by atoms with Crippen molar-refractivity contribution in [3.05, 3.63) is 65.2 Å². The van der Waals surface area contributed by atoms with Crippen LogP contribution in [0, 0.1) is 17.6 Å². The highest BCUT2D eigenvalue weighted by molar-refractivity contribution is 5.98. The molecule has 2 aromatic carbocycles. The zero-order valence-corrected chi connectivity index (χ0v) is 15.4. The third-order valence-electron chi connectivity index (χ3n) is 3.98. The van der Waals surface area contributed by atoms with Crippen LogP contribution in [0.25, 0.3) is 0 Å². The molecule has 29 heavy (non-hydrogen) atoms. The number of hydrogen-bond donors (Lipinski definition) is 3. The molecule has 0 bridgehead atoms. The molecular weight excluding hydrogens is 397 g/mol. The van der Waals surface area contributed by atoms with Gasteiger partial charge in [-0.25, -0.2) is 8.78 Å². The molecule has 2 rings (SSSR count). The van der Waals surface area contributed by atoms with Crippen LogP contribution in [0.4, 0.5) is 27.6 Å². The van der Waals surface area contributed by atoms with Crippen molar-refractivity contribution in [2.75, 3.05) is 5.43 Å². The number of hydrogen-bond acceptors (Lipinski definition) is 3. The maximum atomic E-state index is 13.8. The fourth-order valence-corrected chi connectivity index (χ4v) is 2.51. The number of carbonyl (C=O) groups is 2. The summed E-state index contributed by atoms with van der Waals surface area (Å²) in [5, 5.41) is 2.20. The lowest BCUT2D eigenvalue weighted by molar-refractivity contribution is -0.137. The van der Waals surface area contributed by atoms with Crippen LogP contribution in [0.5, 0.6) is 0 Å². The Hall–Kier alpha value is -3.17. The van der Waals surface area contributed by atoms with Crippen molar-refractivity contribution in [2.45, 2.75) is 26.1 Å². The molecule has 0 aliphatic heterocycles. The Balaban J connectivity index is 2.14. The van der Waals surface area contributed by atoms with Crippen molar-refractivity contribution in [1.29, 1.82) is 0 Å². The number of anilines is 1. The maximum Gasteiger partial charge on any atom is 0.418 e. The van der Waals surface area contributed by atoms with E-state index in [0.717, 1.165) is 30.3 Å². The molecule has 1 atom stereocenters. The number of nitrogens with one attached hydrogen (secondary N) is 3. The summed E-state index contributed by atoms with van der Waals surface area (Å²) >= 11 is 0. The normalized spacial score (nSPS) is 12.4. The average molecular weight is 415 g/mol. The Morgan fingerprint density at radius 1 is 0.931 bits per heavy atom. The summed E-state index contributed by atoms with van der Waals surface area (Å²) in [4.78, 5) is 24.6. The monoisotopic (exact) mass is 415 g/mol. The van der Waals surface area contributed by atoms with E-state index in [1.165, 1.54) is 12.1 Å². The zero-order valence-electron chi connectivity index (χ0n) is 15.4. The Kier molecular flexibility index (Phi) is 6.78. The zero-order chi connectivity index (χ0) is 21.8. The second-order valence-corrected chi connectivity index (χ2v) is 6.45. The van der Waals surface area contributed by atoms with Crippen LogP contribution in [0.1, 0.15) is 29.8 Å². The van der Waals surface area contributed by atoms with Gasteiger partial charge in [0.05, 0.1) is 11.3 Å². The third-order valence-corrected chi connectivity index (χ3v) is 3.98. The van der Waals surface area contributed by atoms with Crippen LogP contribution >= 0.6 is 0 Å². The quantitative estimate of drug-likeness (QED) is 0.495. The number of rotatable bonds is 6. The van der Waals surface area contributed by atoms with Gasteiger partial charge >= 0.3 is 6.18 Å². The summed E-state index contributed by atoms with van der Waals surface area (Å²) in [6.07, 6.45) is -4.65. The van der Waals surface area contributed by atoms with Crippen molar-refractivity contribution < 1.29 is 31.5 Å². The van der Waals surface area contributed by atoms with Gasteiger partial charge in [-0.1, -0.05) is 32.0 Å². The van der Waals surface area contributed by atoms with E-state index in [0.29, 0.717) is 0 Å². The molecule has 2 amide bonds. The first-order valence-corrected chi connectivity index (χ1v) is 8.49. The second-order valence-electron chi connectivity index (χ2n) is 6.45. The molecule has 0 heterocycles. The van der Waals surface area contributed by atoms with Gasteiger partial charge in [0.2, 0.25) is 0 Å². The van der Waals surface area contributed by atoms with Gasteiger partial charge in [-0.2, -0.15) is 13.2 Å². The fourth-order valence-electron chi connectivity index (χ4n) is 2.51. The molecule has 0 aliphatic rings. The minimum Gasteiger partial charge on any atom is -0.340 e. The minimum atomic E-state index is -4.65. The van der Waals surface area contributed by atoms with Crippen LogP contribution in [-0.4, -0.2) is 17.9 Å². The predicted octanol–water partition coefficient (Wildman–Crippen LogP) is 3.88. The van der Waals surface area contributed by atoms with Crippen LogP contribution in [0.15, 0.2) is 42.5 Å². The van der Waals surface area contributed by atoms with Gasteiger partial charge in [0.15, 0.2) is 0 Å². The number of hydrazine groups is 1. The molecule has 156 valence electrons. The first-order chi connectivity index (χ1) is 13.5. The smallest absolute Gasteiger partial charge is 0.340 e. The lowest BCUT2D eigenvalue weighted by atomic mass is 10.0. The van der Waals surface area contributed by atoms with E-state index in [1.54, 1.807) is 13.8 Å². The predicted molar refractivity (Wildman–Crippen MR) is 95.7 cm³/mol. The maximum absolute atomic E-state index is 13.8. The molecule has 0 spiro atoms. The molecule has 5 nitrogen and oxygen atoms in total. The Morgan fingerprint density at radius 3 is 2.07 bits per heavy atom. The van der Waals surface area contributed by atoms with Crippen molar-refractivity contribution >= 4 is 17.5 Å². The molecule has 0 aliphatic carbocycles. The standard InChI is InChI=1S/C19H18F5N3O2/c1-10(2)16(25-17(28)15-12(20)7-5-8-13(15)21)18(29)27-26-14-9-4-3-6-11(14)19(22,23)24/h3-10,16,26H,1-2H3,(H,25,28)(H,27,29). The van der Waals surface area contributed by atoms with E-state index in [4.69, 9.17) is 0 Å². The highest BCUT2D eigenvalue weighted by Crippen LogP contribution is 2.34. The molecule has 0 aromatic heterocycles. The Bertz CT molecular complexity index is 879. The van der Waals surface area contributed by atoms with Crippen molar-refractivity contribution in [2.24, 2.45) is 5.92 Å². The summed E-state index contributed by atoms with van der Waals surface area (Å²) in [7, 11) is 0. The van der Waals surface area contributed by atoms with Gasteiger partial charge in [0.1, 0.15) is 23.2 Å². The van der Waals surface area contributed by atoms with Crippen molar-refractivity contribution in [3.63, 3.8) is 0 Å². The summed E-state index contributed by atoms with van der Waals surface area (Å²) in [6, 6.07) is 6.05. The minimum absolute atomic E-state index is 0.401. The SMILES string of the molecule is CC(C)C(NC(=O)c1c(F)cccc1F)C(=O)NNc1ccccc1C(F)(F)F. The lowest BCUT2D eigenvalue weighted by Gasteiger charge is -2.23. The lowest BCUT2D eigenvalue weighted by Crippen LogP contribution is -2.51. The largest absolute Gasteiger partial charge is 0.418 e. The van der Waals surface area contributed by atoms with Crippen molar-refractivity contribution in [1.82, 2.24) is 10.7 Å². The van der Waals surface area contributed by atoms with Gasteiger partial charge in [-0.05, 0) is 30.2 Å². The highest BCUT2D eigenvalue weighted by atomic mass is 19.4. The molecule has 10 heteroatoms. The average Bonchev–Trinajstić information content (AvgIpc) is 2.63. The molecule has 0 radical (unpaired) electrons. The second kappa shape index (κ2) is 8.89. The van der Waals surface area contributed by atoms with E-state index in [9.17, 15) is 31.5 Å². The van der Waals surface area contributed by atoms with Gasteiger partial charge in [-0.3, -0.25) is 20.4 Å². The number of para-hydroxylation sites is 1. The van der Waals surface area contributed by atoms with E-state index in [2.05, 4.69) is 16.2 Å². The van der Waals surface area contributed by atoms with Crippen molar-refractivity contribution in [3.8, 4) is 0 Å². The molecule has 1 unspecified atom stereocenters. The molecular formula is C19H18F5N3O2. The molecule has 0 saturated carbocycles. The van der Waals surface area contributed by atoms with E-state index in [-0.39, 0.29) is 0 Å². The first kappa shape index (κ1) is 22.1. The van der Waals surface area contributed by atoms with E-state index in [1.807, 2.05) is 0 Å². The highest BCUT2D eigenvalue weighted by Gasteiger charge is 2.33. The van der Waals surface area contributed by atoms with Gasteiger partial charge in [0.25, 0.3) is 11.8 Å². The number of alkyl halides is 3. The number of benzene rings is 2. The fraction of sp³-hybridized carbons (Fsp3) is 0.263. The van der Waals surface area contributed by atoms with Gasteiger partial charge in [-0.15, -0.1) is 0 Å². The molecule has 0 saturated heterocycles. The summed E-state index contributed by atoms with van der Waals surface area (Å²) < 4.78 is 66.6. The van der Waals surface area contributed by atoms with Gasteiger partial charge < -0.3 is 5.32 Å². The van der Waals surface area contributed by atoms with E-state index >= 15 is 0 Å². The van der Waals surface area contributed by atoms with Gasteiger partial charge in [0, 0.05) is 0 Å². The summed E-state index contributed by atoms with van der Waals surface area (Å²) in [6.45, 7) is 3.10. The third kappa shape index (κ3) is 5.43. The summed E-state index contributed by atoms with van der Waals surface area (Å²) in [5.41, 5.74) is 2.00. The number of carbonyl (C=O) groups excluding carboxylic acids is 2.